The van der Waals surface area contributed by atoms with Gasteiger partial charge in [-0.05, 0) is 0 Å². The average molecular weight is 306 g/mol. The summed E-state index contributed by atoms with van der Waals surface area (Å²) in [6, 6.07) is 4.33. The molecule has 6 heavy (non-hydrogen) atoms. The SMILES string of the molecule is Ic1ccc[te]1. The van der Waals surface area contributed by atoms with Crippen LogP contribution in [-0.4, -0.2) is 20.4 Å². The van der Waals surface area contributed by atoms with Gasteiger partial charge in [0.25, 0.3) is 0 Å². The van der Waals surface area contributed by atoms with Crippen LogP contribution in [0.15, 0.2) is 16.2 Å². The summed E-state index contributed by atoms with van der Waals surface area (Å²) in [5.74, 6) is 0. The van der Waals surface area contributed by atoms with Crippen molar-refractivity contribution in [1.29, 1.82) is 0 Å². The quantitative estimate of drug-likeness (QED) is 0.501. The van der Waals surface area contributed by atoms with Crippen molar-refractivity contribution in [2.45, 2.75) is 0 Å². The Labute approximate surface area is 60.3 Å². The van der Waals surface area contributed by atoms with E-state index < -0.39 is 0 Å². The van der Waals surface area contributed by atoms with Crippen LogP contribution in [0.5, 0.6) is 0 Å². The number of hydrogen-bond donors (Lipinski definition) is 0. The Morgan fingerprint density at radius 2 is 2.50 bits per heavy atom. The zero-order chi connectivity index (χ0) is 4.41. The maximum atomic E-state index is 2.39. The summed E-state index contributed by atoms with van der Waals surface area (Å²) < 4.78 is 3.85. The Kier molecular flexibility index (Phi) is 2.01. The molecule has 0 saturated heterocycles. The van der Waals surface area contributed by atoms with Gasteiger partial charge in [0.2, 0.25) is 0 Å². The molecule has 0 aliphatic heterocycles. The summed E-state index contributed by atoms with van der Waals surface area (Å²) in [6.45, 7) is 0. The monoisotopic (exact) mass is 308 g/mol. The molecule has 0 spiro atoms. The second kappa shape index (κ2) is 2.34. The number of hydrogen-bond acceptors (Lipinski definition) is 0. The van der Waals surface area contributed by atoms with Crippen LogP contribution in [0.25, 0.3) is 0 Å². The molecule has 0 bridgehead atoms. The van der Waals surface area contributed by atoms with Gasteiger partial charge in [-0.1, -0.05) is 0 Å². The molecule has 0 N–H and O–H groups in total. The van der Waals surface area contributed by atoms with Crippen LogP contribution in [0, 0.1) is 1.59 Å². The van der Waals surface area contributed by atoms with Crippen molar-refractivity contribution < 1.29 is 0 Å². The molecule has 0 atom stereocenters. The molecule has 1 aromatic rings. The van der Waals surface area contributed by atoms with Gasteiger partial charge in [-0.2, -0.15) is 0 Å². The fourth-order valence-corrected chi connectivity index (χ4v) is 2.72. The molecular formula is C4H3ITe. The summed E-state index contributed by atoms with van der Waals surface area (Å²) in [4.78, 5) is 0. The molecule has 0 saturated carbocycles. The summed E-state index contributed by atoms with van der Waals surface area (Å²) in [7, 11) is 0. The molecule has 0 fully saturated rings. The Hall–Kier alpha value is 1.000. The fraction of sp³-hybridized carbons (Fsp3) is 0. The molecule has 1 aromatic heterocycles. The molecule has 1 rings (SSSR count). The Morgan fingerprint density at radius 1 is 1.67 bits per heavy atom. The molecule has 0 nitrogen and oxygen atoms in total. The first-order valence-electron chi connectivity index (χ1n) is 1.58. The second-order valence-corrected chi connectivity index (χ2v) is 7.06. The normalized spacial score (nSPS) is 8.83. The van der Waals surface area contributed by atoms with Gasteiger partial charge in [0.1, 0.15) is 0 Å². The van der Waals surface area contributed by atoms with Crippen molar-refractivity contribution in [3.63, 3.8) is 0 Å². The Bertz CT molecular complexity index is 111. The molecule has 2 heteroatoms. The van der Waals surface area contributed by atoms with E-state index in [4.69, 9.17) is 0 Å². The van der Waals surface area contributed by atoms with Gasteiger partial charge in [-0.25, -0.2) is 0 Å². The first-order valence-corrected chi connectivity index (χ1v) is 5.17. The van der Waals surface area contributed by atoms with Crippen molar-refractivity contribution in [3.05, 3.63) is 17.8 Å². The van der Waals surface area contributed by atoms with Gasteiger partial charge in [0.05, 0.1) is 0 Å². The van der Waals surface area contributed by atoms with Crippen LogP contribution in [0.4, 0.5) is 0 Å². The van der Waals surface area contributed by atoms with Crippen LogP contribution < -0.4 is 0 Å². The number of rotatable bonds is 0. The van der Waals surface area contributed by atoms with Crippen molar-refractivity contribution >= 4 is 43.0 Å². The second-order valence-electron chi connectivity index (χ2n) is 0.917. The van der Waals surface area contributed by atoms with E-state index in [-0.39, 0.29) is 20.4 Å². The zero-order valence-electron chi connectivity index (χ0n) is 3.02. The van der Waals surface area contributed by atoms with Crippen molar-refractivity contribution in [3.8, 4) is 0 Å². The van der Waals surface area contributed by atoms with Crippen molar-refractivity contribution in [1.82, 2.24) is 0 Å². The van der Waals surface area contributed by atoms with Gasteiger partial charge >= 0.3 is 60.8 Å². The molecule has 0 aliphatic rings. The predicted octanol–water partition coefficient (Wildman–Crippen LogP) is 1.35. The van der Waals surface area contributed by atoms with E-state index >= 15 is 0 Å². The van der Waals surface area contributed by atoms with E-state index in [2.05, 4.69) is 38.8 Å². The predicted molar refractivity (Wildman–Crippen MR) is 36.1 cm³/mol. The van der Waals surface area contributed by atoms with Crippen LogP contribution in [-0.2, 0) is 0 Å². The molecule has 0 radical (unpaired) electrons. The van der Waals surface area contributed by atoms with Crippen LogP contribution in [0.2, 0.25) is 0 Å². The topological polar surface area (TPSA) is 0 Å². The minimum atomic E-state index is 0.200. The van der Waals surface area contributed by atoms with E-state index in [0.717, 1.165) is 0 Å². The van der Waals surface area contributed by atoms with Gasteiger partial charge in [0.15, 0.2) is 0 Å². The molecular weight excluding hydrogens is 303 g/mol. The average Bonchev–Trinajstić information content (AvgIpc) is 1.86. The molecule has 0 aromatic carbocycles. The van der Waals surface area contributed by atoms with Crippen LogP contribution in [0.3, 0.4) is 0 Å². The van der Waals surface area contributed by atoms with Crippen molar-refractivity contribution in [2.75, 3.05) is 0 Å². The summed E-state index contributed by atoms with van der Waals surface area (Å²) in [5.41, 5.74) is 0. The molecule has 1 heterocycles. The molecule has 0 amide bonds. The Morgan fingerprint density at radius 3 is 2.67 bits per heavy atom. The number of halogens is 1. The molecule has 0 aliphatic carbocycles. The summed E-state index contributed by atoms with van der Waals surface area (Å²) in [6.07, 6.45) is 0. The summed E-state index contributed by atoms with van der Waals surface area (Å²) in [5, 5.41) is 0. The van der Waals surface area contributed by atoms with Gasteiger partial charge in [0, 0.05) is 0 Å². The standard InChI is InChI=1S/C4H3ITe/c5-4-2-1-3-6-4/h1-3H. The fourth-order valence-electron chi connectivity index (χ4n) is 0.259. The minimum absolute atomic E-state index is 0.200. The molecule has 0 unspecified atom stereocenters. The van der Waals surface area contributed by atoms with E-state index in [1.807, 2.05) is 0 Å². The third-order valence-corrected chi connectivity index (χ3v) is 4.42. The third kappa shape index (κ3) is 1.25. The van der Waals surface area contributed by atoms with E-state index in [9.17, 15) is 0 Å². The molecule has 32 valence electrons. The van der Waals surface area contributed by atoms with Crippen LogP contribution >= 0.6 is 22.6 Å². The first-order chi connectivity index (χ1) is 2.89. The third-order valence-electron chi connectivity index (χ3n) is 0.486. The van der Waals surface area contributed by atoms with E-state index in [1.165, 1.54) is 0 Å². The van der Waals surface area contributed by atoms with Gasteiger partial charge in [-0.15, -0.1) is 0 Å². The van der Waals surface area contributed by atoms with E-state index in [0.29, 0.717) is 0 Å². The van der Waals surface area contributed by atoms with E-state index in [1.54, 1.807) is 1.59 Å². The van der Waals surface area contributed by atoms with Gasteiger partial charge < -0.3 is 0 Å². The van der Waals surface area contributed by atoms with Crippen LogP contribution in [0.1, 0.15) is 0 Å². The van der Waals surface area contributed by atoms with Crippen molar-refractivity contribution in [2.24, 2.45) is 0 Å². The first kappa shape index (κ1) is 5.14. The zero-order valence-corrected chi connectivity index (χ0v) is 7.51. The van der Waals surface area contributed by atoms with Gasteiger partial charge in [-0.3, -0.25) is 0 Å². The summed E-state index contributed by atoms with van der Waals surface area (Å²) >= 11 is 2.59. The maximum absolute atomic E-state index is 2.39. The Balaban J connectivity index is 3.05.